The van der Waals surface area contributed by atoms with Crippen LogP contribution in [0.2, 0.25) is 0 Å². The highest BCUT2D eigenvalue weighted by atomic mass is 32.2. The molecule has 11 nitrogen and oxygen atoms in total. The van der Waals surface area contributed by atoms with Gasteiger partial charge in [0.15, 0.2) is 5.76 Å². The topological polar surface area (TPSA) is 128 Å². The average molecular weight is 626 g/mol. The summed E-state index contributed by atoms with van der Waals surface area (Å²) in [5.74, 6) is 0.0927. The van der Waals surface area contributed by atoms with Crippen LogP contribution >= 0.6 is 0 Å². The van der Waals surface area contributed by atoms with Gasteiger partial charge in [0.25, 0.3) is 5.91 Å². The maximum Gasteiger partial charge on any atom is 0.288 e. The van der Waals surface area contributed by atoms with Crippen LogP contribution in [0.1, 0.15) is 48.9 Å². The zero-order valence-electron chi connectivity index (χ0n) is 25.1. The zero-order valence-corrected chi connectivity index (χ0v) is 25.9. The van der Waals surface area contributed by atoms with Crippen molar-refractivity contribution in [2.45, 2.75) is 49.7 Å². The average Bonchev–Trinajstić information content (AvgIpc) is 3.44. The van der Waals surface area contributed by atoms with Crippen LogP contribution in [-0.4, -0.2) is 91.9 Å². The normalized spacial score (nSPS) is 19.1. The van der Waals surface area contributed by atoms with Crippen LogP contribution in [0.4, 0.5) is 0 Å². The number of piperidine rings is 1. The van der Waals surface area contributed by atoms with Gasteiger partial charge in [-0.25, -0.2) is 8.42 Å². The fourth-order valence-electron chi connectivity index (χ4n) is 5.79. The van der Waals surface area contributed by atoms with E-state index in [0.29, 0.717) is 25.3 Å². The number of hydrogen-bond acceptors (Lipinski definition) is 8. The molecule has 3 heterocycles. The molecule has 1 N–H and O–H groups in total. The van der Waals surface area contributed by atoms with Crippen LogP contribution in [-0.2, 0) is 24.3 Å². The minimum absolute atomic E-state index is 0.0346. The first-order chi connectivity index (χ1) is 21.2. The molecular weight excluding hydrogens is 586 g/mol. The monoisotopic (exact) mass is 625 g/mol. The third-order valence-electron chi connectivity index (χ3n) is 8.08. The summed E-state index contributed by atoms with van der Waals surface area (Å²) in [4.78, 5) is 27.8. The van der Waals surface area contributed by atoms with Crippen molar-refractivity contribution in [1.82, 2.24) is 13.8 Å². The van der Waals surface area contributed by atoms with E-state index in [2.05, 4.69) is 0 Å². The van der Waals surface area contributed by atoms with Gasteiger partial charge in [-0.1, -0.05) is 18.2 Å². The van der Waals surface area contributed by atoms with E-state index in [9.17, 15) is 23.1 Å². The zero-order chi connectivity index (χ0) is 31.3. The van der Waals surface area contributed by atoms with E-state index < -0.39 is 16.3 Å². The number of fused-ring (bicyclic) bond motifs is 1. The molecule has 1 saturated heterocycles. The third-order valence-corrected chi connectivity index (χ3v) is 10.00. The third kappa shape index (κ3) is 6.83. The molecule has 1 amide bonds. The molecule has 2 aromatic carbocycles. The highest BCUT2D eigenvalue weighted by Crippen LogP contribution is 2.37. The number of aromatic nitrogens is 1. The maximum atomic E-state index is 13.5. The molecule has 3 aromatic rings. The van der Waals surface area contributed by atoms with Gasteiger partial charge in [-0.3, -0.25) is 14.2 Å². The summed E-state index contributed by atoms with van der Waals surface area (Å²) in [6, 6.07) is 13.7. The summed E-state index contributed by atoms with van der Waals surface area (Å²) < 4.78 is 46.8. The molecule has 236 valence electrons. The van der Waals surface area contributed by atoms with Gasteiger partial charge in [0.1, 0.15) is 5.75 Å². The van der Waals surface area contributed by atoms with Crippen molar-refractivity contribution in [2.24, 2.45) is 0 Å². The van der Waals surface area contributed by atoms with Crippen molar-refractivity contribution in [2.75, 3.05) is 46.5 Å². The lowest BCUT2D eigenvalue weighted by Crippen LogP contribution is -2.40. The van der Waals surface area contributed by atoms with Gasteiger partial charge in [-0.15, -0.1) is 0 Å². The summed E-state index contributed by atoms with van der Waals surface area (Å²) in [5, 5.41) is 10.5. The number of allylic oxidation sites excluding steroid dienone is 1. The van der Waals surface area contributed by atoms with E-state index in [1.807, 2.05) is 36.5 Å². The van der Waals surface area contributed by atoms with Crippen LogP contribution in [0.5, 0.6) is 5.75 Å². The number of carbonyl (C=O) groups is 2. The molecule has 44 heavy (non-hydrogen) atoms. The second-order valence-corrected chi connectivity index (χ2v) is 12.9. The molecule has 0 unspecified atom stereocenters. The molecular formula is C32H39N3O8S. The molecule has 0 radical (unpaired) electrons. The van der Waals surface area contributed by atoms with Crippen LogP contribution in [0, 0.1) is 0 Å². The number of benzene rings is 2. The van der Waals surface area contributed by atoms with Crippen molar-refractivity contribution in [1.29, 1.82) is 0 Å². The lowest BCUT2D eigenvalue weighted by molar-refractivity contribution is -0.153. The van der Waals surface area contributed by atoms with Gasteiger partial charge >= 0.3 is 0 Å². The summed E-state index contributed by atoms with van der Waals surface area (Å²) in [7, 11) is -2.42. The predicted octanol–water partition coefficient (Wildman–Crippen LogP) is 3.74. The number of rotatable bonds is 11. The Labute approximate surface area is 257 Å². The number of sulfonamides is 1. The van der Waals surface area contributed by atoms with Crippen molar-refractivity contribution < 1.29 is 37.3 Å². The van der Waals surface area contributed by atoms with Gasteiger partial charge < -0.3 is 24.2 Å². The van der Waals surface area contributed by atoms with Gasteiger partial charge in [0.2, 0.25) is 22.2 Å². The Morgan fingerprint density at radius 1 is 1.05 bits per heavy atom. The molecule has 0 aliphatic carbocycles. The van der Waals surface area contributed by atoms with Crippen molar-refractivity contribution >= 4 is 32.7 Å². The van der Waals surface area contributed by atoms with Crippen molar-refractivity contribution in [3.8, 4) is 5.75 Å². The predicted molar refractivity (Wildman–Crippen MR) is 164 cm³/mol. The molecule has 12 heteroatoms. The van der Waals surface area contributed by atoms with E-state index in [1.165, 1.54) is 26.2 Å². The van der Waals surface area contributed by atoms with Gasteiger partial charge in [-0.05, 0) is 61.2 Å². The quantitative estimate of drug-likeness (QED) is 0.342. The van der Waals surface area contributed by atoms with Gasteiger partial charge in [-0.2, -0.15) is 4.31 Å². The number of amides is 1. The number of aliphatic hydroxyl groups excluding tert-OH is 1. The first-order valence-electron chi connectivity index (χ1n) is 14.9. The second kappa shape index (κ2) is 13.9. The molecule has 2 aliphatic heterocycles. The lowest BCUT2D eigenvalue weighted by atomic mass is 9.92. The van der Waals surface area contributed by atoms with Crippen LogP contribution in [0.25, 0.3) is 10.9 Å². The summed E-state index contributed by atoms with van der Waals surface area (Å²) in [6.45, 7) is 2.25. The fourth-order valence-corrected chi connectivity index (χ4v) is 7.20. The van der Waals surface area contributed by atoms with Gasteiger partial charge in [0, 0.05) is 57.0 Å². The Bertz CT molecular complexity index is 1610. The molecule has 0 bridgehead atoms. The molecule has 2 aliphatic rings. The fraction of sp³-hybridized carbons (Fsp3) is 0.438. The number of methoxy groups -OCH3 is 1. The first-order valence-corrected chi connectivity index (χ1v) is 16.3. The SMILES string of the molecule is COc1ccc(S(=O)(=O)N(CCO)CCO[C@H]2C[C@@H](c3cn(C(C)=O)c4ccccc34)C=C(C(=O)N3CCCCC3)O2)cc1. The number of nitrogens with zero attached hydrogens (tertiary/aromatic N) is 3. The number of ether oxygens (including phenoxy) is 3. The van der Waals surface area contributed by atoms with E-state index >= 15 is 0 Å². The minimum Gasteiger partial charge on any atom is -0.497 e. The molecule has 1 aromatic heterocycles. The molecule has 5 rings (SSSR count). The number of carbonyl (C=O) groups excluding carboxylic acids is 2. The van der Waals surface area contributed by atoms with E-state index in [-0.39, 0.29) is 54.7 Å². The standard InChI is InChI=1S/C32H39N3O8S/c1-23(37)35-22-28(27-8-4-5-9-29(27)35)24-20-30(32(38)33-14-6-3-7-15-33)43-31(21-24)42-19-17-34(16-18-36)44(39,40)26-12-10-25(41-2)11-13-26/h4-5,8-13,20,22,24,31,36H,3,6-7,14-19,21H2,1-2H3/t24-,31+/m0/s1. The van der Waals surface area contributed by atoms with Crippen LogP contribution < -0.4 is 4.74 Å². The van der Waals surface area contributed by atoms with Crippen LogP contribution in [0.3, 0.4) is 0 Å². The Hall–Kier alpha value is -3.71. The second-order valence-electron chi connectivity index (χ2n) is 10.9. The van der Waals surface area contributed by atoms with Crippen molar-refractivity contribution in [3.63, 3.8) is 0 Å². The van der Waals surface area contributed by atoms with E-state index in [4.69, 9.17) is 14.2 Å². The minimum atomic E-state index is -3.92. The Kier molecular flexibility index (Phi) is 10.0. The number of para-hydroxylation sites is 1. The number of hydrogen-bond donors (Lipinski definition) is 1. The molecule has 0 saturated carbocycles. The van der Waals surface area contributed by atoms with E-state index in [0.717, 1.165) is 40.0 Å². The largest absolute Gasteiger partial charge is 0.497 e. The smallest absolute Gasteiger partial charge is 0.288 e. The highest BCUT2D eigenvalue weighted by molar-refractivity contribution is 7.89. The van der Waals surface area contributed by atoms with Gasteiger partial charge in [0.05, 0.1) is 30.7 Å². The highest BCUT2D eigenvalue weighted by Gasteiger charge is 2.33. The Balaban J connectivity index is 1.37. The Morgan fingerprint density at radius 3 is 2.45 bits per heavy atom. The Morgan fingerprint density at radius 2 is 1.77 bits per heavy atom. The summed E-state index contributed by atoms with van der Waals surface area (Å²) in [5.41, 5.74) is 1.65. The number of likely N-dealkylation sites (tertiary alicyclic amines) is 1. The molecule has 1 fully saturated rings. The summed E-state index contributed by atoms with van der Waals surface area (Å²) >= 11 is 0. The number of aliphatic hydroxyl groups is 1. The van der Waals surface area contributed by atoms with E-state index in [1.54, 1.807) is 21.6 Å². The lowest BCUT2D eigenvalue weighted by Gasteiger charge is -2.33. The molecule has 0 spiro atoms. The van der Waals surface area contributed by atoms with Crippen molar-refractivity contribution in [3.05, 3.63) is 72.1 Å². The molecule has 2 atom stereocenters. The first kappa shape index (κ1) is 31.7. The van der Waals surface area contributed by atoms with Crippen LogP contribution in [0.15, 0.2) is 71.5 Å². The maximum absolute atomic E-state index is 13.5. The summed E-state index contributed by atoms with van der Waals surface area (Å²) in [6.07, 6.45) is 6.07.